The first-order chi connectivity index (χ1) is 13.5. The van der Waals surface area contributed by atoms with Gasteiger partial charge in [-0.3, -0.25) is 14.2 Å². The van der Waals surface area contributed by atoms with Crippen molar-refractivity contribution in [3.05, 3.63) is 76.0 Å². The Balaban J connectivity index is 1.80. The highest BCUT2D eigenvalue weighted by molar-refractivity contribution is 5.97. The minimum Gasteiger partial charge on any atom is -0.334 e. The lowest BCUT2D eigenvalue weighted by molar-refractivity contribution is -0.883. The zero-order valence-corrected chi connectivity index (χ0v) is 15.7. The van der Waals surface area contributed by atoms with E-state index in [4.69, 9.17) is 0 Å². The number of piperazine rings is 1. The van der Waals surface area contributed by atoms with Gasteiger partial charge in [0.1, 0.15) is 17.0 Å². The second-order valence-corrected chi connectivity index (χ2v) is 7.21. The average molecular weight is 381 g/mol. The molecule has 6 nitrogen and oxygen atoms in total. The van der Waals surface area contributed by atoms with E-state index in [-0.39, 0.29) is 18.0 Å². The van der Waals surface area contributed by atoms with Crippen LogP contribution in [0.2, 0.25) is 0 Å². The Morgan fingerprint density at radius 3 is 2.68 bits per heavy atom. The average Bonchev–Trinajstić information content (AvgIpc) is 2.71. The van der Waals surface area contributed by atoms with Crippen molar-refractivity contribution in [2.75, 3.05) is 33.2 Å². The fraction of sp³-hybridized carbons (Fsp3) is 0.286. The van der Waals surface area contributed by atoms with E-state index in [1.165, 1.54) is 15.5 Å². The van der Waals surface area contributed by atoms with E-state index in [2.05, 4.69) is 12.0 Å². The molecule has 0 atom stereocenters. The molecule has 3 aromatic rings. The lowest BCUT2D eigenvalue weighted by atomic mass is 10.1. The third kappa shape index (κ3) is 3.41. The van der Waals surface area contributed by atoms with Crippen LogP contribution in [0.15, 0.2) is 53.5 Å². The predicted molar refractivity (Wildman–Crippen MR) is 104 cm³/mol. The van der Waals surface area contributed by atoms with Crippen molar-refractivity contribution < 1.29 is 14.1 Å². The second-order valence-electron chi connectivity index (χ2n) is 7.21. The van der Waals surface area contributed by atoms with E-state index >= 15 is 0 Å². The van der Waals surface area contributed by atoms with Crippen molar-refractivity contribution in [1.29, 1.82) is 0 Å². The van der Waals surface area contributed by atoms with Crippen LogP contribution in [0.1, 0.15) is 15.9 Å². The Hall–Kier alpha value is -3.06. The van der Waals surface area contributed by atoms with Crippen LogP contribution in [0, 0.1) is 5.82 Å². The molecule has 1 fully saturated rings. The molecule has 1 aromatic carbocycles. The molecule has 1 N–H and O–H groups in total. The van der Waals surface area contributed by atoms with E-state index in [1.54, 1.807) is 41.4 Å². The van der Waals surface area contributed by atoms with Gasteiger partial charge in [0, 0.05) is 17.1 Å². The molecular weight excluding hydrogens is 359 g/mol. The number of nitrogens with zero attached hydrogens (tertiary/aromatic N) is 3. The largest absolute Gasteiger partial charge is 0.334 e. The van der Waals surface area contributed by atoms with Gasteiger partial charge in [-0.25, -0.2) is 9.37 Å². The smallest absolute Gasteiger partial charge is 0.265 e. The minimum atomic E-state index is -0.439. The molecule has 0 spiro atoms. The topological polar surface area (TPSA) is 59.6 Å². The molecule has 0 unspecified atom stereocenters. The van der Waals surface area contributed by atoms with E-state index < -0.39 is 11.4 Å². The Morgan fingerprint density at radius 2 is 1.93 bits per heavy atom. The van der Waals surface area contributed by atoms with Crippen LogP contribution in [0.4, 0.5) is 4.39 Å². The number of amides is 1. The number of carbonyl (C=O) groups is 1. The Bertz CT molecular complexity index is 1090. The van der Waals surface area contributed by atoms with Crippen LogP contribution in [0.25, 0.3) is 11.0 Å². The van der Waals surface area contributed by atoms with Crippen molar-refractivity contribution in [1.82, 2.24) is 14.5 Å². The summed E-state index contributed by atoms with van der Waals surface area (Å²) in [4.78, 5) is 33.6. The molecule has 2 aromatic heterocycles. The Morgan fingerprint density at radius 1 is 1.18 bits per heavy atom. The molecule has 0 saturated carbocycles. The van der Waals surface area contributed by atoms with Crippen molar-refractivity contribution >= 4 is 16.9 Å². The molecule has 1 amide bonds. The molecule has 144 valence electrons. The SMILES string of the molecule is C[NH+]1CCN(C(=O)c2cc3cccnc3n(Cc3ccccc3F)c2=O)CC1. The summed E-state index contributed by atoms with van der Waals surface area (Å²) in [5.74, 6) is -0.664. The van der Waals surface area contributed by atoms with Gasteiger partial charge in [-0.15, -0.1) is 0 Å². The number of benzene rings is 1. The fourth-order valence-corrected chi connectivity index (χ4v) is 3.57. The zero-order chi connectivity index (χ0) is 19.7. The monoisotopic (exact) mass is 381 g/mol. The van der Waals surface area contributed by atoms with Crippen LogP contribution < -0.4 is 10.5 Å². The molecule has 0 aliphatic carbocycles. The highest BCUT2D eigenvalue weighted by atomic mass is 19.1. The maximum atomic E-state index is 14.2. The van der Waals surface area contributed by atoms with Crippen LogP contribution in [0.5, 0.6) is 0 Å². The van der Waals surface area contributed by atoms with Gasteiger partial charge in [-0.05, 0) is 24.3 Å². The molecule has 28 heavy (non-hydrogen) atoms. The number of quaternary nitrogens is 1. The number of fused-ring (bicyclic) bond motifs is 1. The van der Waals surface area contributed by atoms with Crippen LogP contribution in [-0.4, -0.2) is 53.6 Å². The number of rotatable bonds is 3. The summed E-state index contributed by atoms with van der Waals surface area (Å²) in [7, 11) is 2.09. The third-order valence-corrected chi connectivity index (χ3v) is 5.27. The highest BCUT2D eigenvalue weighted by Gasteiger charge is 2.26. The van der Waals surface area contributed by atoms with Crippen molar-refractivity contribution in [3.8, 4) is 0 Å². The summed E-state index contributed by atoms with van der Waals surface area (Å²) < 4.78 is 15.6. The normalized spacial score (nSPS) is 15.1. The number of halogens is 1. The summed E-state index contributed by atoms with van der Waals surface area (Å²) in [6.45, 7) is 2.95. The first-order valence-corrected chi connectivity index (χ1v) is 9.37. The number of pyridine rings is 2. The maximum absolute atomic E-state index is 14.2. The molecular formula is C21H22FN4O2+. The molecule has 1 aliphatic heterocycles. The van der Waals surface area contributed by atoms with Crippen LogP contribution >= 0.6 is 0 Å². The van der Waals surface area contributed by atoms with Crippen molar-refractivity contribution in [2.45, 2.75) is 6.54 Å². The highest BCUT2D eigenvalue weighted by Crippen LogP contribution is 2.15. The van der Waals surface area contributed by atoms with Gasteiger partial charge in [-0.1, -0.05) is 18.2 Å². The van der Waals surface area contributed by atoms with Gasteiger partial charge >= 0.3 is 0 Å². The minimum absolute atomic E-state index is 0.0209. The Labute approximate surface area is 161 Å². The summed E-state index contributed by atoms with van der Waals surface area (Å²) in [6, 6.07) is 11.5. The predicted octanol–water partition coefficient (Wildman–Crippen LogP) is 0.554. The molecule has 3 heterocycles. The van der Waals surface area contributed by atoms with Crippen LogP contribution in [-0.2, 0) is 6.54 Å². The number of hydrogen-bond acceptors (Lipinski definition) is 3. The van der Waals surface area contributed by atoms with Gasteiger partial charge < -0.3 is 9.80 Å². The van der Waals surface area contributed by atoms with Crippen molar-refractivity contribution in [3.63, 3.8) is 0 Å². The standard InChI is InChI=1S/C21H21FN4O2/c1-24-9-11-25(12-10-24)20(27)17-13-15-6-4-8-23-19(15)26(21(17)28)14-16-5-2-3-7-18(16)22/h2-8,13H,9-12,14H2,1H3/p+1. The first kappa shape index (κ1) is 18.3. The van der Waals surface area contributed by atoms with Crippen molar-refractivity contribution in [2.24, 2.45) is 0 Å². The van der Waals surface area contributed by atoms with E-state index in [9.17, 15) is 14.0 Å². The zero-order valence-electron chi connectivity index (χ0n) is 15.7. The number of aromatic nitrogens is 2. The number of carbonyl (C=O) groups excluding carboxylic acids is 1. The molecule has 4 rings (SSSR count). The van der Waals surface area contributed by atoms with Gasteiger partial charge in [0.25, 0.3) is 11.5 Å². The molecule has 0 radical (unpaired) electrons. The summed E-state index contributed by atoms with van der Waals surface area (Å²) >= 11 is 0. The first-order valence-electron chi connectivity index (χ1n) is 9.37. The lowest BCUT2D eigenvalue weighted by Crippen LogP contribution is -3.12. The Kier molecular flexibility index (Phi) is 4.92. The molecule has 1 aliphatic rings. The molecule has 7 heteroatoms. The van der Waals surface area contributed by atoms with Crippen LogP contribution in [0.3, 0.4) is 0 Å². The van der Waals surface area contributed by atoms with E-state index in [0.717, 1.165) is 13.1 Å². The lowest BCUT2D eigenvalue weighted by Gasteiger charge is -2.30. The van der Waals surface area contributed by atoms with E-state index in [1.807, 2.05) is 6.07 Å². The quantitative estimate of drug-likeness (QED) is 0.721. The third-order valence-electron chi connectivity index (χ3n) is 5.27. The number of hydrogen-bond donors (Lipinski definition) is 1. The fourth-order valence-electron chi connectivity index (χ4n) is 3.57. The number of nitrogens with one attached hydrogen (secondary N) is 1. The summed E-state index contributed by atoms with van der Waals surface area (Å²) in [5.41, 5.74) is 0.488. The van der Waals surface area contributed by atoms with Gasteiger partial charge in [0.2, 0.25) is 0 Å². The molecule has 1 saturated heterocycles. The summed E-state index contributed by atoms with van der Waals surface area (Å²) in [5, 5.41) is 0.682. The van der Waals surface area contributed by atoms with E-state index in [0.29, 0.717) is 29.7 Å². The van der Waals surface area contributed by atoms with Gasteiger partial charge in [-0.2, -0.15) is 0 Å². The van der Waals surface area contributed by atoms with Gasteiger partial charge in [0.05, 0.1) is 39.8 Å². The molecule has 0 bridgehead atoms. The second kappa shape index (κ2) is 7.52. The van der Waals surface area contributed by atoms with Gasteiger partial charge in [0.15, 0.2) is 0 Å². The summed E-state index contributed by atoms with van der Waals surface area (Å²) in [6.07, 6.45) is 1.59. The maximum Gasteiger partial charge on any atom is 0.265 e. The number of likely N-dealkylation sites (N-methyl/N-ethyl adjacent to an activating group) is 1.